The molecular formula is C23H25N5O4. The molecule has 4 rings (SSSR count). The van der Waals surface area contributed by atoms with Crippen LogP contribution in [0.2, 0.25) is 0 Å². The molecule has 2 aromatic heterocycles. The first kappa shape index (κ1) is 21.4. The number of aromatic nitrogens is 3. The largest absolute Gasteiger partial charge is 0.497 e. The van der Waals surface area contributed by atoms with E-state index in [9.17, 15) is 9.59 Å². The fourth-order valence-electron chi connectivity index (χ4n) is 3.75. The number of rotatable bonds is 6. The van der Waals surface area contributed by atoms with E-state index in [-0.39, 0.29) is 17.7 Å². The number of H-pyrrole nitrogens is 1. The summed E-state index contributed by atoms with van der Waals surface area (Å²) in [6, 6.07) is 12.4. The van der Waals surface area contributed by atoms with Gasteiger partial charge in [-0.15, -0.1) is 0 Å². The average molecular weight is 435 g/mol. The molecule has 1 fully saturated rings. The van der Waals surface area contributed by atoms with Crippen LogP contribution in [-0.4, -0.2) is 59.2 Å². The van der Waals surface area contributed by atoms with E-state index in [1.165, 1.54) is 0 Å². The quantitative estimate of drug-likeness (QED) is 0.616. The Morgan fingerprint density at radius 3 is 2.56 bits per heavy atom. The van der Waals surface area contributed by atoms with E-state index in [0.29, 0.717) is 53.8 Å². The number of methoxy groups -OCH3 is 2. The van der Waals surface area contributed by atoms with Gasteiger partial charge < -0.3 is 19.7 Å². The topological polar surface area (TPSA) is 109 Å². The van der Waals surface area contributed by atoms with E-state index >= 15 is 0 Å². The zero-order valence-corrected chi connectivity index (χ0v) is 18.0. The third-order valence-corrected chi connectivity index (χ3v) is 5.43. The number of anilines is 1. The number of likely N-dealkylation sites (tertiary alicyclic amines) is 1. The van der Waals surface area contributed by atoms with Crippen molar-refractivity contribution in [3.63, 3.8) is 0 Å². The molecule has 9 nitrogen and oxygen atoms in total. The number of nitrogens with one attached hydrogen (secondary N) is 2. The van der Waals surface area contributed by atoms with E-state index in [1.807, 2.05) is 18.2 Å². The molecule has 1 saturated heterocycles. The summed E-state index contributed by atoms with van der Waals surface area (Å²) < 4.78 is 10.5. The molecule has 0 spiro atoms. The van der Waals surface area contributed by atoms with Crippen LogP contribution in [0.5, 0.6) is 11.5 Å². The second-order valence-corrected chi connectivity index (χ2v) is 7.56. The van der Waals surface area contributed by atoms with Crippen molar-refractivity contribution in [1.82, 2.24) is 20.1 Å². The van der Waals surface area contributed by atoms with Crippen molar-refractivity contribution in [1.29, 1.82) is 0 Å². The first-order chi connectivity index (χ1) is 15.6. The van der Waals surface area contributed by atoms with Gasteiger partial charge in [-0.1, -0.05) is 6.07 Å². The van der Waals surface area contributed by atoms with Crippen LogP contribution in [-0.2, 0) is 4.79 Å². The van der Waals surface area contributed by atoms with Gasteiger partial charge in [0.1, 0.15) is 22.9 Å². The number of piperidine rings is 1. The number of benzene rings is 1. The molecule has 9 heteroatoms. The minimum atomic E-state index is -0.317. The molecule has 0 unspecified atom stereocenters. The normalized spacial score (nSPS) is 15.8. The summed E-state index contributed by atoms with van der Waals surface area (Å²) in [5, 5.41) is 9.93. The van der Waals surface area contributed by atoms with Crippen LogP contribution in [0.15, 0.2) is 48.7 Å². The summed E-state index contributed by atoms with van der Waals surface area (Å²) >= 11 is 0. The van der Waals surface area contributed by atoms with Crippen molar-refractivity contribution >= 4 is 17.5 Å². The van der Waals surface area contributed by atoms with Gasteiger partial charge in [-0.3, -0.25) is 19.7 Å². The molecule has 3 heterocycles. The maximum absolute atomic E-state index is 13.0. The molecule has 1 aromatic carbocycles. The first-order valence-electron chi connectivity index (χ1n) is 10.4. The number of pyridine rings is 1. The highest BCUT2D eigenvalue weighted by molar-refractivity contribution is 5.96. The highest BCUT2D eigenvalue weighted by Gasteiger charge is 2.30. The van der Waals surface area contributed by atoms with Crippen LogP contribution >= 0.6 is 0 Å². The number of hydrogen-bond donors (Lipinski definition) is 2. The van der Waals surface area contributed by atoms with Crippen molar-refractivity contribution in [3.05, 3.63) is 54.4 Å². The maximum Gasteiger partial charge on any atom is 0.271 e. The fraction of sp³-hybridized carbons (Fsp3) is 0.304. The van der Waals surface area contributed by atoms with Gasteiger partial charge in [-0.2, -0.15) is 5.10 Å². The Balaban J connectivity index is 1.42. The molecule has 3 aromatic rings. The Hall–Kier alpha value is -3.88. The predicted octanol–water partition coefficient (Wildman–Crippen LogP) is 2.98. The highest BCUT2D eigenvalue weighted by Crippen LogP contribution is 2.27. The van der Waals surface area contributed by atoms with Crippen molar-refractivity contribution in [2.75, 3.05) is 32.6 Å². The number of hydrogen-bond acceptors (Lipinski definition) is 6. The van der Waals surface area contributed by atoms with Gasteiger partial charge in [0.2, 0.25) is 5.91 Å². The molecule has 1 atom stereocenters. The highest BCUT2D eigenvalue weighted by atomic mass is 16.5. The van der Waals surface area contributed by atoms with Crippen LogP contribution in [0.25, 0.3) is 11.4 Å². The molecule has 1 aliphatic heterocycles. The molecule has 2 amide bonds. The van der Waals surface area contributed by atoms with Gasteiger partial charge >= 0.3 is 0 Å². The van der Waals surface area contributed by atoms with Crippen LogP contribution < -0.4 is 14.8 Å². The minimum absolute atomic E-state index is 0.142. The SMILES string of the molecule is COc1cc(NC(=O)[C@@H]2CCCN(C(=O)c3cc(-c4ccccn4)n[nH]3)C2)cc(OC)c1. The second kappa shape index (κ2) is 9.51. The summed E-state index contributed by atoms with van der Waals surface area (Å²) in [5.41, 5.74) is 2.26. The van der Waals surface area contributed by atoms with Crippen LogP contribution in [0.3, 0.4) is 0 Å². The lowest BCUT2D eigenvalue weighted by Gasteiger charge is -2.31. The van der Waals surface area contributed by atoms with Gasteiger partial charge in [0, 0.05) is 43.2 Å². The summed E-state index contributed by atoms with van der Waals surface area (Å²) in [6.07, 6.45) is 3.13. The fourth-order valence-corrected chi connectivity index (χ4v) is 3.75. The van der Waals surface area contributed by atoms with E-state index < -0.39 is 0 Å². The lowest BCUT2D eigenvalue weighted by atomic mass is 9.96. The molecule has 1 aliphatic rings. The van der Waals surface area contributed by atoms with Crippen LogP contribution in [0.1, 0.15) is 23.3 Å². The second-order valence-electron chi connectivity index (χ2n) is 7.56. The van der Waals surface area contributed by atoms with Gasteiger partial charge in [0.25, 0.3) is 5.91 Å². The monoisotopic (exact) mass is 435 g/mol. The zero-order valence-electron chi connectivity index (χ0n) is 18.0. The smallest absolute Gasteiger partial charge is 0.271 e. The Morgan fingerprint density at radius 2 is 1.88 bits per heavy atom. The van der Waals surface area contributed by atoms with Gasteiger partial charge in [0.05, 0.1) is 25.8 Å². The summed E-state index contributed by atoms with van der Waals surface area (Å²) in [4.78, 5) is 31.9. The molecular weight excluding hydrogens is 410 g/mol. The molecule has 0 saturated carbocycles. The summed E-state index contributed by atoms with van der Waals surface area (Å²) in [7, 11) is 3.11. The lowest BCUT2D eigenvalue weighted by molar-refractivity contribution is -0.121. The van der Waals surface area contributed by atoms with E-state index in [0.717, 1.165) is 6.42 Å². The Labute approximate surface area is 185 Å². The van der Waals surface area contributed by atoms with Crippen molar-refractivity contribution < 1.29 is 19.1 Å². The van der Waals surface area contributed by atoms with Gasteiger partial charge in [-0.05, 0) is 31.0 Å². The Kier molecular flexibility index (Phi) is 6.34. The number of nitrogens with zero attached hydrogens (tertiary/aromatic N) is 3. The maximum atomic E-state index is 13.0. The Morgan fingerprint density at radius 1 is 1.09 bits per heavy atom. The third kappa shape index (κ3) is 4.72. The van der Waals surface area contributed by atoms with Crippen LogP contribution in [0.4, 0.5) is 5.69 Å². The number of ether oxygens (including phenoxy) is 2. The Bertz CT molecular complexity index is 1080. The number of aromatic amines is 1. The van der Waals surface area contributed by atoms with Crippen molar-refractivity contribution in [2.24, 2.45) is 5.92 Å². The zero-order chi connectivity index (χ0) is 22.5. The molecule has 0 bridgehead atoms. The lowest BCUT2D eigenvalue weighted by Crippen LogP contribution is -2.43. The number of amides is 2. The molecule has 32 heavy (non-hydrogen) atoms. The molecule has 2 N–H and O–H groups in total. The minimum Gasteiger partial charge on any atom is -0.497 e. The van der Waals surface area contributed by atoms with Crippen molar-refractivity contribution in [2.45, 2.75) is 12.8 Å². The van der Waals surface area contributed by atoms with E-state index in [1.54, 1.807) is 49.6 Å². The summed E-state index contributed by atoms with van der Waals surface area (Å²) in [6.45, 7) is 0.928. The molecule has 0 aliphatic carbocycles. The number of carbonyl (C=O) groups excluding carboxylic acids is 2. The third-order valence-electron chi connectivity index (χ3n) is 5.43. The standard InChI is InChI=1S/C23H25N5O4/c1-31-17-10-16(11-18(12-17)32-2)25-22(29)15-6-5-9-28(14-15)23(30)21-13-20(26-27-21)19-7-3-4-8-24-19/h3-4,7-8,10-13,15H,5-6,9,14H2,1-2H3,(H,25,29)(H,26,27)/t15-/m1/s1. The predicted molar refractivity (Wildman–Crippen MR) is 119 cm³/mol. The van der Waals surface area contributed by atoms with Crippen LogP contribution in [0, 0.1) is 5.92 Å². The van der Waals surface area contributed by atoms with Gasteiger partial charge in [0.15, 0.2) is 0 Å². The van der Waals surface area contributed by atoms with Gasteiger partial charge in [-0.25, -0.2) is 0 Å². The van der Waals surface area contributed by atoms with E-state index in [2.05, 4.69) is 20.5 Å². The van der Waals surface area contributed by atoms with Crippen molar-refractivity contribution in [3.8, 4) is 22.9 Å². The van der Waals surface area contributed by atoms with E-state index in [4.69, 9.17) is 9.47 Å². The number of carbonyl (C=O) groups is 2. The summed E-state index contributed by atoms with van der Waals surface area (Å²) in [5.74, 6) is 0.533. The average Bonchev–Trinajstić information content (AvgIpc) is 3.34. The molecule has 166 valence electrons. The molecule has 0 radical (unpaired) electrons. The first-order valence-corrected chi connectivity index (χ1v) is 10.4.